The molecule has 15 heavy (non-hydrogen) atoms. The maximum absolute atomic E-state index is 10.9. The van der Waals surface area contributed by atoms with Crippen molar-refractivity contribution in [2.75, 3.05) is 6.26 Å². The molecule has 0 spiro atoms. The van der Waals surface area contributed by atoms with Crippen molar-refractivity contribution in [1.29, 1.82) is 0 Å². The van der Waals surface area contributed by atoms with Gasteiger partial charge in [0.15, 0.2) is 9.84 Å². The third-order valence-electron chi connectivity index (χ3n) is 1.75. The first kappa shape index (κ1) is 11.5. The molecule has 0 atom stereocenters. The molecule has 1 aromatic rings. The van der Waals surface area contributed by atoms with Gasteiger partial charge in [0, 0.05) is 11.8 Å². The Morgan fingerprint density at radius 1 is 1.40 bits per heavy atom. The number of aromatic carboxylic acids is 1. The van der Waals surface area contributed by atoms with Crippen LogP contribution in [0, 0.1) is 0 Å². The third kappa shape index (κ3) is 3.25. The highest BCUT2D eigenvalue weighted by molar-refractivity contribution is 7.89. The number of hydrogen-bond donors (Lipinski definition) is 2. The molecule has 0 aromatic heterocycles. The molecule has 0 saturated heterocycles. The number of benzene rings is 1. The number of aromatic hydroxyl groups is 1. The molecular weight excluding hydrogens is 220 g/mol. The molecule has 1 aromatic carbocycles. The average molecular weight is 230 g/mol. The van der Waals surface area contributed by atoms with Crippen LogP contribution in [0.25, 0.3) is 0 Å². The lowest BCUT2D eigenvalue weighted by atomic mass is 10.1. The summed E-state index contributed by atoms with van der Waals surface area (Å²) in [5.41, 5.74) is 0.118. The van der Waals surface area contributed by atoms with Crippen LogP contribution in [0.2, 0.25) is 0 Å². The van der Waals surface area contributed by atoms with Crippen LogP contribution in [0.1, 0.15) is 15.9 Å². The predicted molar refractivity (Wildman–Crippen MR) is 53.6 cm³/mol. The summed E-state index contributed by atoms with van der Waals surface area (Å²) in [6, 6.07) is 3.57. The van der Waals surface area contributed by atoms with Crippen LogP contribution >= 0.6 is 0 Å². The second-order valence-corrected chi connectivity index (χ2v) is 5.36. The van der Waals surface area contributed by atoms with Gasteiger partial charge in [-0.15, -0.1) is 0 Å². The number of rotatable bonds is 3. The summed E-state index contributed by atoms with van der Waals surface area (Å²) in [6.45, 7) is 0. The SMILES string of the molecule is CS(=O)(=O)Cc1ccc(C(=O)O)cc1O. The first-order valence-electron chi connectivity index (χ1n) is 4.02. The van der Waals surface area contributed by atoms with Crippen molar-refractivity contribution in [3.05, 3.63) is 29.3 Å². The van der Waals surface area contributed by atoms with Gasteiger partial charge in [-0.2, -0.15) is 0 Å². The Balaban J connectivity index is 3.09. The van der Waals surface area contributed by atoms with E-state index in [-0.39, 0.29) is 22.6 Å². The van der Waals surface area contributed by atoms with Crippen molar-refractivity contribution in [3.8, 4) is 5.75 Å². The van der Waals surface area contributed by atoms with Gasteiger partial charge in [0.25, 0.3) is 0 Å². The molecule has 0 saturated carbocycles. The van der Waals surface area contributed by atoms with Crippen LogP contribution in [0.5, 0.6) is 5.75 Å². The normalized spacial score (nSPS) is 11.3. The molecule has 6 heteroatoms. The summed E-state index contributed by atoms with van der Waals surface area (Å²) >= 11 is 0. The van der Waals surface area contributed by atoms with Crippen molar-refractivity contribution in [2.45, 2.75) is 5.75 Å². The fourth-order valence-corrected chi connectivity index (χ4v) is 1.91. The van der Waals surface area contributed by atoms with E-state index in [4.69, 9.17) is 5.11 Å². The summed E-state index contributed by atoms with van der Waals surface area (Å²) in [5.74, 6) is -1.80. The third-order valence-corrected chi connectivity index (χ3v) is 2.59. The predicted octanol–water partition coefficient (Wildman–Crippen LogP) is 0.635. The standard InChI is InChI=1S/C9H10O5S/c1-15(13,14)5-7-3-2-6(9(11)12)4-8(7)10/h2-4,10H,5H2,1H3,(H,11,12). The largest absolute Gasteiger partial charge is 0.508 e. The Labute approximate surface area is 86.9 Å². The maximum Gasteiger partial charge on any atom is 0.335 e. The number of sulfone groups is 1. The molecular formula is C9H10O5S. The number of carboxylic acids is 1. The van der Waals surface area contributed by atoms with Gasteiger partial charge in [0.1, 0.15) is 5.75 Å². The van der Waals surface area contributed by atoms with Crippen molar-refractivity contribution >= 4 is 15.8 Å². The molecule has 0 radical (unpaired) electrons. The molecule has 0 aliphatic heterocycles. The summed E-state index contributed by atoms with van der Waals surface area (Å²) in [6.07, 6.45) is 1.04. The highest BCUT2D eigenvalue weighted by Crippen LogP contribution is 2.20. The van der Waals surface area contributed by atoms with Crippen molar-refractivity contribution < 1.29 is 23.4 Å². The summed E-state index contributed by atoms with van der Waals surface area (Å²) in [5, 5.41) is 18.0. The molecule has 0 unspecified atom stereocenters. The molecule has 0 aliphatic rings. The molecule has 0 fully saturated rings. The van der Waals surface area contributed by atoms with E-state index in [1.807, 2.05) is 0 Å². The Hall–Kier alpha value is -1.56. The summed E-state index contributed by atoms with van der Waals surface area (Å²) in [4.78, 5) is 10.5. The number of phenols is 1. The quantitative estimate of drug-likeness (QED) is 0.794. The topological polar surface area (TPSA) is 91.7 Å². The summed E-state index contributed by atoms with van der Waals surface area (Å²) in [7, 11) is -3.24. The first-order chi connectivity index (χ1) is 6.79. The highest BCUT2D eigenvalue weighted by Gasteiger charge is 2.11. The van der Waals surface area contributed by atoms with Gasteiger partial charge in [0.05, 0.1) is 11.3 Å². The lowest BCUT2D eigenvalue weighted by Crippen LogP contribution is -2.02. The van der Waals surface area contributed by atoms with Crippen molar-refractivity contribution in [1.82, 2.24) is 0 Å². The Bertz CT molecular complexity index is 489. The van der Waals surface area contributed by atoms with E-state index in [2.05, 4.69) is 0 Å². The van der Waals surface area contributed by atoms with Gasteiger partial charge in [0.2, 0.25) is 0 Å². The van der Waals surface area contributed by atoms with Gasteiger partial charge in [-0.25, -0.2) is 13.2 Å². The molecule has 82 valence electrons. The van der Waals surface area contributed by atoms with Gasteiger partial charge in [-0.1, -0.05) is 6.07 Å². The monoisotopic (exact) mass is 230 g/mol. The summed E-state index contributed by atoms with van der Waals surface area (Å²) < 4.78 is 21.9. The van der Waals surface area contributed by atoms with Crippen LogP contribution in [0.3, 0.4) is 0 Å². The second kappa shape index (κ2) is 3.90. The minimum Gasteiger partial charge on any atom is -0.508 e. The fraction of sp³-hybridized carbons (Fsp3) is 0.222. The molecule has 2 N–H and O–H groups in total. The lowest BCUT2D eigenvalue weighted by Gasteiger charge is -2.03. The highest BCUT2D eigenvalue weighted by atomic mass is 32.2. The zero-order valence-corrected chi connectivity index (χ0v) is 8.78. The smallest absolute Gasteiger partial charge is 0.335 e. The lowest BCUT2D eigenvalue weighted by molar-refractivity contribution is 0.0696. The van der Waals surface area contributed by atoms with E-state index in [0.717, 1.165) is 12.3 Å². The average Bonchev–Trinajstić information content (AvgIpc) is 2.05. The zero-order chi connectivity index (χ0) is 11.6. The van der Waals surface area contributed by atoms with E-state index >= 15 is 0 Å². The number of carbonyl (C=O) groups is 1. The fourth-order valence-electron chi connectivity index (χ4n) is 1.10. The van der Waals surface area contributed by atoms with Crippen LogP contribution in [-0.2, 0) is 15.6 Å². The van der Waals surface area contributed by atoms with Gasteiger partial charge in [-0.3, -0.25) is 0 Å². The molecule has 0 amide bonds. The maximum atomic E-state index is 10.9. The van der Waals surface area contributed by atoms with E-state index in [1.165, 1.54) is 12.1 Å². The Kier molecular flexibility index (Phi) is 2.99. The molecule has 0 bridgehead atoms. The van der Waals surface area contributed by atoms with Crippen LogP contribution in [-0.4, -0.2) is 30.9 Å². The second-order valence-electron chi connectivity index (χ2n) is 3.22. The van der Waals surface area contributed by atoms with Crippen LogP contribution < -0.4 is 0 Å². The number of carboxylic acid groups (broad SMARTS) is 1. The van der Waals surface area contributed by atoms with E-state index < -0.39 is 15.8 Å². The molecule has 0 aliphatic carbocycles. The van der Waals surface area contributed by atoms with Gasteiger partial charge < -0.3 is 10.2 Å². The van der Waals surface area contributed by atoms with Crippen molar-refractivity contribution in [3.63, 3.8) is 0 Å². The minimum absolute atomic E-state index is 0.0789. The Morgan fingerprint density at radius 2 is 2.00 bits per heavy atom. The molecule has 0 heterocycles. The van der Waals surface area contributed by atoms with Crippen molar-refractivity contribution in [2.24, 2.45) is 0 Å². The number of hydrogen-bond acceptors (Lipinski definition) is 4. The van der Waals surface area contributed by atoms with E-state index in [1.54, 1.807) is 0 Å². The first-order valence-corrected chi connectivity index (χ1v) is 6.08. The van der Waals surface area contributed by atoms with Crippen LogP contribution in [0.15, 0.2) is 18.2 Å². The van der Waals surface area contributed by atoms with Gasteiger partial charge >= 0.3 is 5.97 Å². The van der Waals surface area contributed by atoms with E-state index in [0.29, 0.717) is 0 Å². The molecule has 1 rings (SSSR count). The van der Waals surface area contributed by atoms with Crippen LogP contribution in [0.4, 0.5) is 0 Å². The Morgan fingerprint density at radius 3 is 2.40 bits per heavy atom. The minimum atomic E-state index is -3.24. The zero-order valence-electron chi connectivity index (χ0n) is 7.97. The number of phenolic OH excluding ortho intramolecular Hbond substituents is 1. The van der Waals surface area contributed by atoms with Gasteiger partial charge in [-0.05, 0) is 12.1 Å². The molecule has 5 nitrogen and oxygen atoms in total. The van der Waals surface area contributed by atoms with E-state index in [9.17, 15) is 18.3 Å².